The lowest BCUT2D eigenvalue weighted by Crippen LogP contribution is -2.50. The van der Waals surface area contributed by atoms with Crippen LogP contribution in [0.25, 0.3) is 0 Å². The molecule has 1 unspecified atom stereocenters. The van der Waals surface area contributed by atoms with Crippen LogP contribution in [0.3, 0.4) is 0 Å². The molecule has 2 heterocycles. The van der Waals surface area contributed by atoms with E-state index in [9.17, 15) is 9.59 Å². The fourth-order valence-electron chi connectivity index (χ4n) is 2.73. The minimum absolute atomic E-state index is 0.145. The number of amides is 1. The molecule has 3 rings (SSSR count). The Morgan fingerprint density at radius 2 is 1.87 bits per heavy atom. The Balaban J connectivity index is 1.80. The number of morpholine rings is 1. The summed E-state index contributed by atoms with van der Waals surface area (Å²) in [7, 11) is 0. The van der Waals surface area contributed by atoms with Crippen LogP contribution in [0.5, 0.6) is 0 Å². The summed E-state index contributed by atoms with van der Waals surface area (Å²) >= 11 is 1.01. The van der Waals surface area contributed by atoms with Crippen molar-refractivity contribution in [3.05, 3.63) is 57.8 Å². The average molecular weight is 331 g/mol. The molecule has 0 aliphatic carbocycles. The van der Waals surface area contributed by atoms with Gasteiger partial charge in [-0.05, 0) is 24.6 Å². The fourth-order valence-corrected chi connectivity index (χ4v) is 3.55. The van der Waals surface area contributed by atoms with Crippen molar-refractivity contribution in [2.45, 2.75) is 12.5 Å². The van der Waals surface area contributed by atoms with E-state index in [0.29, 0.717) is 24.6 Å². The molecule has 1 aromatic heterocycles. The van der Waals surface area contributed by atoms with Gasteiger partial charge in [0.05, 0.1) is 18.0 Å². The summed E-state index contributed by atoms with van der Waals surface area (Å²) < 4.78 is 5.93. The molecule has 120 valence electrons. The maximum absolute atomic E-state index is 12.6. The highest BCUT2D eigenvalue weighted by molar-refractivity contribution is 7.15. The number of nitrogens with zero attached hydrogens (tertiary/aromatic N) is 1. The van der Waals surface area contributed by atoms with Gasteiger partial charge in [0.2, 0.25) is 0 Å². The molecular formula is C17H17NO4S. The van der Waals surface area contributed by atoms with Crippen molar-refractivity contribution in [1.29, 1.82) is 0 Å². The summed E-state index contributed by atoms with van der Waals surface area (Å²) in [4.78, 5) is 26.0. The lowest BCUT2D eigenvalue weighted by Gasteiger charge is -2.40. The Labute approximate surface area is 138 Å². The molecule has 1 atom stereocenters. The van der Waals surface area contributed by atoms with Gasteiger partial charge in [0.25, 0.3) is 5.91 Å². The minimum atomic E-state index is -1.01. The number of carbonyl (C=O) groups is 2. The highest BCUT2D eigenvalue weighted by Gasteiger charge is 2.36. The average Bonchev–Trinajstić information content (AvgIpc) is 3.05. The van der Waals surface area contributed by atoms with Crippen LogP contribution < -0.4 is 0 Å². The summed E-state index contributed by atoms with van der Waals surface area (Å²) in [5, 5.41) is 8.99. The third kappa shape index (κ3) is 3.13. The van der Waals surface area contributed by atoms with Gasteiger partial charge in [-0.2, -0.15) is 0 Å². The monoisotopic (exact) mass is 331 g/mol. The molecule has 0 bridgehead atoms. The van der Waals surface area contributed by atoms with Crippen LogP contribution in [0.2, 0.25) is 0 Å². The zero-order chi connectivity index (χ0) is 16.4. The summed E-state index contributed by atoms with van der Waals surface area (Å²) in [5.74, 6) is -1.15. The number of thiophene rings is 1. The molecule has 2 aromatic rings. The van der Waals surface area contributed by atoms with E-state index in [2.05, 4.69) is 0 Å². The summed E-state index contributed by atoms with van der Waals surface area (Å²) in [5.41, 5.74) is 0.470. The second-order valence-corrected chi connectivity index (χ2v) is 6.72. The first-order valence-corrected chi connectivity index (χ1v) is 8.13. The van der Waals surface area contributed by atoms with Gasteiger partial charge in [-0.25, -0.2) is 4.79 Å². The van der Waals surface area contributed by atoms with Crippen LogP contribution in [-0.2, 0) is 10.3 Å². The number of carboxylic acid groups (broad SMARTS) is 1. The normalized spacial score (nSPS) is 21.2. The Bertz CT molecular complexity index is 727. The Kier molecular flexibility index (Phi) is 4.19. The zero-order valence-corrected chi connectivity index (χ0v) is 13.5. The predicted molar refractivity (Wildman–Crippen MR) is 86.9 cm³/mol. The van der Waals surface area contributed by atoms with Gasteiger partial charge < -0.3 is 14.7 Å². The van der Waals surface area contributed by atoms with Crippen molar-refractivity contribution in [3.63, 3.8) is 0 Å². The highest BCUT2D eigenvalue weighted by atomic mass is 32.1. The molecule has 1 amide bonds. The first-order valence-electron chi connectivity index (χ1n) is 7.31. The number of carbonyl (C=O) groups excluding carboxylic acids is 1. The van der Waals surface area contributed by atoms with Crippen LogP contribution in [0.4, 0.5) is 0 Å². The van der Waals surface area contributed by atoms with E-state index in [1.165, 1.54) is 6.07 Å². The number of hydrogen-bond donors (Lipinski definition) is 1. The maximum Gasteiger partial charge on any atom is 0.345 e. The molecule has 23 heavy (non-hydrogen) atoms. The zero-order valence-electron chi connectivity index (χ0n) is 12.7. The first-order chi connectivity index (χ1) is 11.0. The molecule has 0 spiro atoms. The molecule has 0 saturated carbocycles. The molecule has 6 heteroatoms. The lowest BCUT2D eigenvalue weighted by molar-refractivity contribution is -0.0929. The third-order valence-electron chi connectivity index (χ3n) is 3.97. The molecule has 0 radical (unpaired) electrons. The Hall–Kier alpha value is -2.18. The van der Waals surface area contributed by atoms with Crippen molar-refractivity contribution >= 4 is 23.2 Å². The quantitative estimate of drug-likeness (QED) is 0.939. The lowest BCUT2D eigenvalue weighted by atomic mass is 9.94. The van der Waals surface area contributed by atoms with Crippen molar-refractivity contribution in [3.8, 4) is 0 Å². The van der Waals surface area contributed by atoms with Crippen molar-refractivity contribution in [2.24, 2.45) is 0 Å². The van der Waals surface area contributed by atoms with E-state index in [4.69, 9.17) is 9.84 Å². The van der Waals surface area contributed by atoms with Crippen LogP contribution in [0.15, 0.2) is 42.5 Å². The number of ether oxygens (including phenoxy) is 1. The largest absolute Gasteiger partial charge is 0.477 e. The SMILES string of the molecule is CC1(c2ccccc2)CN(C(=O)c2ccc(C(=O)O)s2)CCO1. The van der Waals surface area contributed by atoms with Gasteiger partial charge in [-0.1, -0.05) is 30.3 Å². The van der Waals surface area contributed by atoms with E-state index in [0.717, 1.165) is 16.9 Å². The second-order valence-electron chi connectivity index (χ2n) is 5.64. The van der Waals surface area contributed by atoms with Crippen LogP contribution >= 0.6 is 11.3 Å². The van der Waals surface area contributed by atoms with Gasteiger partial charge >= 0.3 is 5.97 Å². The van der Waals surface area contributed by atoms with Crippen molar-refractivity contribution in [2.75, 3.05) is 19.7 Å². The van der Waals surface area contributed by atoms with Gasteiger partial charge in [0.1, 0.15) is 10.5 Å². The Morgan fingerprint density at radius 1 is 1.17 bits per heavy atom. The third-order valence-corrected chi connectivity index (χ3v) is 5.03. The van der Waals surface area contributed by atoms with Gasteiger partial charge in [0, 0.05) is 6.54 Å². The number of benzene rings is 1. The van der Waals surface area contributed by atoms with Crippen LogP contribution in [0, 0.1) is 0 Å². The number of hydrogen-bond acceptors (Lipinski definition) is 4. The molecule has 1 N–H and O–H groups in total. The number of rotatable bonds is 3. The van der Waals surface area contributed by atoms with Crippen LogP contribution in [0.1, 0.15) is 31.8 Å². The van der Waals surface area contributed by atoms with Crippen molar-refractivity contribution in [1.82, 2.24) is 4.90 Å². The summed E-state index contributed by atoms with van der Waals surface area (Å²) in [6.45, 7) is 3.37. The van der Waals surface area contributed by atoms with E-state index in [1.807, 2.05) is 37.3 Å². The topological polar surface area (TPSA) is 66.8 Å². The molecule has 5 nitrogen and oxygen atoms in total. The Morgan fingerprint density at radius 3 is 2.52 bits per heavy atom. The van der Waals surface area contributed by atoms with E-state index < -0.39 is 11.6 Å². The summed E-state index contributed by atoms with van der Waals surface area (Å²) in [6, 6.07) is 12.9. The number of aromatic carboxylic acids is 1. The fraction of sp³-hybridized carbons (Fsp3) is 0.294. The first kappa shape index (κ1) is 15.7. The molecule has 1 aromatic carbocycles. The van der Waals surface area contributed by atoms with E-state index >= 15 is 0 Å². The van der Waals surface area contributed by atoms with Crippen LogP contribution in [-0.4, -0.2) is 41.6 Å². The van der Waals surface area contributed by atoms with E-state index in [1.54, 1.807) is 11.0 Å². The molecule has 1 aliphatic rings. The standard InChI is InChI=1S/C17H17NO4S/c1-17(12-5-3-2-4-6-12)11-18(9-10-22-17)15(19)13-7-8-14(23-13)16(20)21/h2-8H,9-11H2,1H3,(H,20,21). The molecular weight excluding hydrogens is 314 g/mol. The molecule has 1 aliphatic heterocycles. The smallest absolute Gasteiger partial charge is 0.345 e. The second kappa shape index (κ2) is 6.14. The van der Waals surface area contributed by atoms with E-state index in [-0.39, 0.29) is 10.8 Å². The van der Waals surface area contributed by atoms with Gasteiger partial charge in [0.15, 0.2) is 0 Å². The minimum Gasteiger partial charge on any atom is -0.477 e. The maximum atomic E-state index is 12.6. The van der Waals surface area contributed by atoms with Gasteiger partial charge in [-0.3, -0.25) is 4.79 Å². The molecule has 1 saturated heterocycles. The van der Waals surface area contributed by atoms with Gasteiger partial charge in [-0.15, -0.1) is 11.3 Å². The predicted octanol–water partition coefficient (Wildman–Crippen LogP) is 2.83. The van der Waals surface area contributed by atoms with Crippen molar-refractivity contribution < 1.29 is 19.4 Å². The molecule has 1 fully saturated rings. The number of carboxylic acids is 1. The summed E-state index contributed by atoms with van der Waals surface area (Å²) in [6.07, 6.45) is 0. The highest BCUT2D eigenvalue weighted by Crippen LogP contribution is 2.30.